The van der Waals surface area contributed by atoms with Gasteiger partial charge in [0.1, 0.15) is 5.39 Å². The van der Waals surface area contributed by atoms with Crippen LogP contribution in [0.2, 0.25) is 0 Å². The van der Waals surface area contributed by atoms with E-state index in [0.29, 0.717) is 17.6 Å². The topological polar surface area (TPSA) is 78.2 Å². The van der Waals surface area contributed by atoms with Crippen LogP contribution in [0.25, 0.3) is 11.0 Å². The Labute approximate surface area is 127 Å². The van der Waals surface area contributed by atoms with E-state index in [2.05, 4.69) is 10.3 Å². The standard InChI is InChI=1S/C15H20N4O3/c1-9-7-17-13-11(14(20)19(3)15(21)18(13)2)12(9)16-8-10-5-4-6-22-10/h7,10H,4-6,8H2,1-3H3,(H,16,17)/t10-/m1/s1. The molecule has 1 atom stereocenters. The van der Waals surface area contributed by atoms with Crippen LogP contribution in [0, 0.1) is 6.92 Å². The monoisotopic (exact) mass is 304 g/mol. The fourth-order valence-electron chi connectivity index (χ4n) is 2.87. The van der Waals surface area contributed by atoms with Gasteiger partial charge in [0.05, 0.1) is 11.8 Å². The summed E-state index contributed by atoms with van der Waals surface area (Å²) in [5, 5.41) is 3.77. The summed E-state index contributed by atoms with van der Waals surface area (Å²) in [7, 11) is 3.10. The van der Waals surface area contributed by atoms with Crippen molar-refractivity contribution in [3.05, 3.63) is 32.6 Å². The van der Waals surface area contributed by atoms with Gasteiger partial charge in [0.2, 0.25) is 0 Å². The van der Waals surface area contributed by atoms with Crippen molar-refractivity contribution in [3.8, 4) is 0 Å². The summed E-state index contributed by atoms with van der Waals surface area (Å²) in [5.74, 6) is 0. The van der Waals surface area contributed by atoms with E-state index in [9.17, 15) is 9.59 Å². The highest BCUT2D eigenvalue weighted by Crippen LogP contribution is 2.22. The van der Waals surface area contributed by atoms with Crippen LogP contribution in [0.15, 0.2) is 15.8 Å². The quantitative estimate of drug-likeness (QED) is 0.895. The van der Waals surface area contributed by atoms with Crippen molar-refractivity contribution in [3.63, 3.8) is 0 Å². The molecule has 0 unspecified atom stereocenters. The zero-order valence-corrected chi connectivity index (χ0v) is 13.0. The van der Waals surface area contributed by atoms with Crippen molar-refractivity contribution in [2.75, 3.05) is 18.5 Å². The molecule has 1 aliphatic rings. The lowest BCUT2D eigenvalue weighted by Gasteiger charge is -2.16. The average Bonchev–Trinajstić information content (AvgIpc) is 3.02. The van der Waals surface area contributed by atoms with Crippen molar-refractivity contribution in [2.24, 2.45) is 14.1 Å². The van der Waals surface area contributed by atoms with E-state index in [1.165, 1.54) is 11.6 Å². The lowest BCUT2D eigenvalue weighted by molar-refractivity contribution is 0.120. The van der Waals surface area contributed by atoms with Gasteiger partial charge in [0, 0.05) is 33.4 Å². The predicted molar refractivity (Wildman–Crippen MR) is 84.4 cm³/mol. The molecule has 22 heavy (non-hydrogen) atoms. The molecule has 0 bridgehead atoms. The van der Waals surface area contributed by atoms with Gasteiger partial charge in [-0.25, -0.2) is 9.78 Å². The Morgan fingerprint density at radius 3 is 2.82 bits per heavy atom. The maximum absolute atomic E-state index is 12.5. The predicted octanol–water partition coefficient (Wildman–Crippen LogP) is 0.532. The Kier molecular flexibility index (Phi) is 3.74. The third-order valence-corrected chi connectivity index (χ3v) is 4.19. The van der Waals surface area contributed by atoms with E-state index in [-0.39, 0.29) is 17.4 Å². The third kappa shape index (κ3) is 2.31. The van der Waals surface area contributed by atoms with Gasteiger partial charge in [-0.15, -0.1) is 0 Å². The van der Waals surface area contributed by atoms with Crippen LogP contribution in [-0.2, 0) is 18.8 Å². The molecular weight excluding hydrogens is 284 g/mol. The molecule has 0 radical (unpaired) electrons. The van der Waals surface area contributed by atoms with Crippen molar-refractivity contribution < 1.29 is 4.74 Å². The van der Waals surface area contributed by atoms with Crippen LogP contribution < -0.4 is 16.6 Å². The van der Waals surface area contributed by atoms with E-state index in [0.717, 1.165) is 35.3 Å². The third-order valence-electron chi connectivity index (χ3n) is 4.19. The fourth-order valence-corrected chi connectivity index (χ4v) is 2.87. The summed E-state index contributed by atoms with van der Waals surface area (Å²) in [6.07, 6.45) is 3.93. The Morgan fingerprint density at radius 1 is 1.36 bits per heavy atom. The molecule has 0 aliphatic carbocycles. The minimum atomic E-state index is -0.376. The van der Waals surface area contributed by atoms with E-state index in [1.54, 1.807) is 13.2 Å². The van der Waals surface area contributed by atoms with Gasteiger partial charge in [0.15, 0.2) is 5.65 Å². The molecule has 3 heterocycles. The molecule has 1 aliphatic heterocycles. The molecule has 7 heteroatoms. The molecule has 1 saturated heterocycles. The molecule has 0 amide bonds. The summed E-state index contributed by atoms with van der Waals surface area (Å²) < 4.78 is 8.11. The Morgan fingerprint density at radius 2 is 2.14 bits per heavy atom. The Bertz CT molecular complexity index is 831. The number of rotatable bonds is 3. The molecule has 0 spiro atoms. The number of anilines is 1. The van der Waals surface area contributed by atoms with Crippen molar-refractivity contribution in [1.29, 1.82) is 0 Å². The van der Waals surface area contributed by atoms with Crippen LogP contribution in [0.3, 0.4) is 0 Å². The molecular formula is C15H20N4O3. The first-order chi connectivity index (χ1) is 10.5. The van der Waals surface area contributed by atoms with Gasteiger partial charge >= 0.3 is 5.69 Å². The smallest absolute Gasteiger partial charge is 0.332 e. The first kappa shape index (κ1) is 14.8. The number of fused-ring (bicyclic) bond motifs is 1. The molecule has 0 saturated carbocycles. The number of nitrogens with zero attached hydrogens (tertiary/aromatic N) is 3. The molecule has 1 fully saturated rings. The van der Waals surface area contributed by atoms with E-state index < -0.39 is 0 Å². The summed E-state index contributed by atoms with van der Waals surface area (Å²) >= 11 is 0. The van der Waals surface area contributed by atoms with Gasteiger partial charge in [-0.2, -0.15) is 0 Å². The number of nitrogens with one attached hydrogen (secondary N) is 1. The highest BCUT2D eigenvalue weighted by molar-refractivity contribution is 5.89. The summed E-state index contributed by atoms with van der Waals surface area (Å²) in [6.45, 7) is 3.33. The number of hydrogen-bond donors (Lipinski definition) is 1. The van der Waals surface area contributed by atoms with Crippen LogP contribution in [0.1, 0.15) is 18.4 Å². The SMILES string of the molecule is Cc1cnc2c(c1NC[C@H]1CCCO1)c(=O)n(C)c(=O)n2C. The average molecular weight is 304 g/mol. The molecule has 2 aromatic heterocycles. The van der Waals surface area contributed by atoms with Crippen LogP contribution in [-0.4, -0.2) is 33.4 Å². The second-order valence-corrected chi connectivity index (χ2v) is 5.74. The summed E-state index contributed by atoms with van der Waals surface area (Å²) in [5.41, 5.74) is 1.30. The zero-order chi connectivity index (χ0) is 15.9. The van der Waals surface area contributed by atoms with Gasteiger partial charge in [-0.05, 0) is 25.3 Å². The Balaban J connectivity index is 2.13. The molecule has 0 aromatic carbocycles. The van der Waals surface area contributed by atoms with Gasteiger partial charge in [-0.1, -0.05) is 0 Å². The van der Waals surface area contributed by atoms with Gasteiger partial charge in [-0.3, -0.25) is 13.9 Å². The minimum absolute atomic E-state index is 0.166. The summed E-state index contributed by atoms with van der Waals surface area (Å²) in [6, 6.07) is 0. The molecule has 7 nitrogen and oxygen atoms in total. The Hall–Kier alpha value is -2.15. The maximum atomic E-state index is 12.5. The first-order valence-electron chi connectivity index (χ1n) is 7.41. The molecule has 2 aromatic rings. The number of pyridine rings is 1. The minimum Gasteiger partial charge on any atom is -0.381 e. The number of hydrogen-bond acceptors (Lipinski definition) is 5. The molecule has 3 rings (SSSR count). The highest BCUT2D eigenvalue weighted by atomic mass is 16.5. The zero-order valence-electron chi connectivity index (χ0n) is 13.0. The van der Waals surface area contributed by atoms with Crippen LogP contribution in [0.4, 0.5) is 5.69 Å². The number of ether oxygens (including phenoxy) is 1. The first-order valence-corrected chi connectivity index (χ1v) is 7.41. The summed E-state index contributed by atoms with van der Waals surface area (Å²) in [4.78, 5) is 28.8. The van der Waals surface area contributed by atoms with Gasteiger partial charge in [0.25, 0.3) is 5.56 Å². The maximum Gasteiger partial charge on any atom is 0.332 e. The van der Waals surface area contributed by atoms with E-state index in [1.807, 2.05) is 6.92 Å². The van der Waals surface area contributed by atoms with Crippen LogP contribution >= 0.6 is 0 Å². The molecule has 1 N–H and O–H groups in total. The highest BCUT2D eigenvalue weighted by Gasteiger charge is 2.19. The largest absolute Gasteiger partial charge is 0.381 e. The number of aromatic nitrogens is 3. The lowest BCUT2D eigenvalue weighted by Crippen LogP contribution is -2.37. The second kappa shape index (κ2) is 5.57. The molecule has 118 valence electrons. The van der Waals surface area contributed by atoms with Crippen LogP contribution in [0.5, 0.6) is 0 Å². The lowest BCUT2D eigenvalue weighted by atomic mass is 10.1. The van der Waals surface area contributed by atoms with Crippen molar-refractivity contribution >= 4 is 16.7 Å². The second-order valence-electron chi connectivity index (χ2n) is 5.74. The van der Waals surface area contributed by atoms with E-state index >= 15 is 0 Å². The van der Waals surface area contributed by atoms with Gasteiger partial charge < -0.3 is 10.1 Å². The fraction of sp³-hybridized carbons (Fsp3) is 0.533. The number of aryl methyl sites for hydroxylation is 2. The normalized spacial score (nSPS) is 18.0. The van der Waals surface area contributed by atoms with Crippen molar-refractivity contribution in [2.45, 2.75) is 25.9 Å². The van der Waals surface area contributed by atoms with Crippen molar-refractivity contribution in [1.82, 2.24) is 14.1 Å². The van der Waals surface area contributed by atoms with E-state index in [4.69, 9.17) is 4.74 Å².